The number of nitrogens with one attached hydrogen (secondary N) is 1. The van der Waals surface area contributed by atoms with Crippen LogP contribution in [0.5, 0.6) is 0 Å². The molecule has 60 valence electrons. The lowest BCUT2D eigenvalue weighted by molar-refractivity contribution is 0.930. The maximum Gasteiger partial charge on any atom is 0.0171 e. The van der Waals surface area contributed by atoms with Crippen molar-refractivity contribution < 1.29 is 0 Å². The standard InChI is InChI=1S/C7H11N4/c1-5-2-3-6(8)7(4-5)10-11-9/h2-4,11H,8-9H2,1H3/q-1. The predicted octanol–water partition coefficient (Wildman–Crippen LogP) is 0.961. The molecule has 4 heteroatoms. The largest absolute Gasteiger partial charge is 0.607 e. The summed E-state index contributed by atoms with van der Waals surface area (Å²) in [5.74, 6) is 5.01. The maximum atomic E-state index is 5.59. The molecule has 4 nitrogen and oxygen atoms in total. The number of benzene rings is 1. The van der Waals surface area contributed by atoms with Crippen molar-refractivity contribution in [1.29, 1.82) is 0 Å². The molecule has 1 rings (SSSR count). The van der Waals surface area contributed by atoms with Crippen LogP contribution in [0.25, 0.3) is 5.43 Å². The minimum absolute atomic E-state index is 0.619. The van der Waals surface area contributed by atoms with Gasteiger partial charge in [0.1, 0.15) is 0 Å². The molecule has 0 amide bonds. The van der Waals surface area contributed by atoms with E-state index in [4.69, 9.17) is 11.6 Å². The van der Waals surface area contributed by atoms with Gasteiger partial charge in [0.25, 0.3) is 0 Å². The van der Waals surface area contributed by atoms with Gasteiger partial charge in [-0.3, -0.25) is 5.84 Å². The molecule has 0 radical (unpaired) electrons. The summed E-state index contributed by atoms with van der Waals surface area (Å²) in [5.41, 5.74) is 14.0. The summed E-state index contributed by atoms with van der Waals surface area (Å²) >= 11 is 0. The molecule has 0 atom stereocenters. The summed E-state index contributed by atoms with van der Waals surface area (Å²) in [6.45, 7) is 1.97. The number of rotatable bonds is 2. The smallest absolute Gasteiger partial charge is 0.0171 e. The van der Waals surface area contributed by atoms with Gasteiger partial charge in [0.2, 0.25) is 0 Å². The Balaban J connectivity index is 2.93. The summed E-state index contributed by atoms with van der Waals surface area (Å²) in [7, 11) is 0. The van der Waals surface area contributed by atoms with Gasteiger partial charge in [0, 0.05) is 5.69 Å². The van der Waals surface area contributed by atoms with Crippen molar-refractivity contribution in [3.63, 3.8) is 0 Å². The molecule has 0 saturated carbocycles. The first-order chi connectivity index (χ1) is 5.24. The molecule has 1 aromatic carbocycles. The Morgan fingerprint density at radius 2 is 2.18 bits per heavy atom. The van der Waals surface area contributed by atoms with Crippen LogP contribution in [0.15, 0.2) is 18.2 Å². The Morgan fingerprint density at radius 1 is 1.45 bits per heavy atom. The average Bonchev–Trinajstić information content (AvgIpc) is 1.98. The van der Waals surface area contributed by atoms with Gasteiger partial charge in [0.05, 0.1) is 0 Å². The first kappa shape index (κ1) is 7.84. The van der Waals surface area contributed by atoms with E-state index in [9.17, 15) is 0 Å². The quantitative estimate of drug-likeness (QED) is 0.334. The minimum atomic E-state index is 0.619. The topological polar surface area (TPSA) is 78.2 Å². The molecule has 0 aliphatic carbocycles. The second-order valence-corrected chi connectivity index (χ2v) is 2.30. The number of anilines is 1. The van der Waals surface area contributed by atoms with E-state index in [1.807, 2.05) is 19.1 Å². The zero-order chi connectivity index (χ0) is 8.27. The average molecular weight is 151 g/mol. The molecule has 0 aliphatic rings. The van der Waals surface area contributed by atoms with Crippen molar-refractivity contribution in [1.82, 2.24) is 5.53 Å². The van der Waals surface area contributed by atoms with Crippen molar-refractivity contribution in [2.75, 3.05) is 5.73 Å². The predicted molar refractivity (Wildman–Crippen MR) is 45.9 cm³/mol. The lowest BCUT2D eigenvalue weighted by Gasteiger charge is -2.21. The van der Waals surface area contributed by atoms with Crippen molar-refractivity contribution in [2.45, 2.75) is 6.92 Å². The Hall–Kier alpha value is -1.26. The van der Waals surface area contributed by atoms with E-state index in [2.05, 4.69) is 11.0 Å². The zero-order valence-corrected chi connectivity index (χ0v) is 6.33. The number of hydrogen-bond donors (Lipinski definition) is 3. The Labute approximate surface area is 65.5 Å². The van der Waals surface area contributed by atoms with Gasteiger partial charge in [-0.15, -0.1) is 5.69 Å². The van der Waals surface area contributed by atoms with Crippen LogP contribution in [0.4, 0.5) is 11.4 Å². The van der Waals surface area contributed by atoms with Crippen molar-refractivity contribution in [3.8, 4) is 0 Å². The zero-order valence-electron chi connectivity index (χ0n) is 6.33. The van der Waals surface area contributed by atoms with E-state index in [0.717, 1.165) is 5.56 Å². The molecule has 0 aromatic heterocycles. The van der Waals surface area contributed by atoms with Gasteiger partial charge in [0.15, 0.2) is 0 Å². The molecule has 0 spiro atoms. The normalized spacial score (nSPS) is 9.64. The molecular formula is C7H11N4-. The summed E-state index contributed by atoms with van der Waals surface area (Å²) < 4.78 is 0. The van der Waals surface area contributed by atoms with Crippen molar-refractivity contribution in [2.24, 2.45) is 5.84 Å². The number of aryl methyl sites for hydroxylation is 1. The highest BCUT2D eigenvalue weighted by atomic mass is 15.5. The van der Waals surface area contributed by atoms with Crippen LogP contribution in [-0.2, 0) is 0 Å². The lowest BCUT2D eigenvalue weighted by Crippen LogP contribution is -2.14. The highest BCUT2D eigenvalue weighted by Gasteiger charge is 1.87. The van der Waals surface area contributed by atoms with Crippen LogP contribution in [-0.4, -0.2) is 0 Å². The summed E-state index contributed by atoms with van der Waals surface area (Å²) in [5, 5.41) is 0. The van der Waals surface area contributed by atoms with Gasteiger partial charge in [-0.25, -0.2) is 0 Å². The van der Waals surface area contributed by atoms with Crippen molar-refractivity contribution >= 4 is 11.4 Å². The second-order valence-electron chi connectivity index (χ2n) is 2.30. The summed E-state index contributed by atoms with van der Waals surface area (Å²) in [6.07, 6.45) is 0. The van der Waals surface area contributed by atoms with Gasteiger partial charge in [-0.1, -0.05) is 17.7 Å². The Morgan fingerprint density at radius 3 is 2.82 bits per heavy atom. The third kappa shape index (κ3) is 1.83. The third-order valence-corrected chi connectivity index (χ3v) is 1.37. The highest BCUT2D eigenvalue weighted by Crippen LogP contribution is 2.24. The van der Waals surface area contributed by atoms with Gasteiger partial charge >= 0.3 is 0 Å². The fraction of sp³-hybridized carbons (Fsp3) is 0.143. The molecule has 0 saturated heterocycles. The fourth-order valence-corrected chi connectivity index (χ4v) is 0.820. The van der Waals surface area contributed by atoms with E-state index in [1.165, 1.54) is 0 Å². The van der Waals surface area contributed by atoms with E-state index < -0.39 is 0 Å². The molecule has 0 heterocycles. The molecule has 0 aliphatic heterocycles. The van der Waals surface area contributed by atoms with E-state index in [1.54, 1.807) is 6.07 Å². The van der Waals surface area contributed by atoms with E-state index in [0.29, 0.717) is 11.4 Å². The van der Waals surface area contributed by atoms with Crippen LogP contribution in [0, 0.1) is 6.92 Å². The molecule has 0 fully saturated rings. The number of hydrogen-bond acceptors (Lipinski definition) is 3. The number of nitrogens with zero attached hydrogens (tertiary/aromatic N) is 1. The second kappa shape index (κ2) is 3.23. The van der Waals surface area contributed by atoms with Crippen LogP contribution in [0.3, 0.4) is 0 Å². The maximum absolute atomic E-state index is 5.59. The van der Waals surface area contributed by atoms with E-state index in [-0.39, 0.29) is 0 Å². The first-order valence-electron chi connectivity index (χ1n) is 3.26. The molecule has 1 aromatic rings. The van der Waals surface area contributed by atoms with Crippen LogP contribution in [0.1, 0.15) is 5.56 Å². The highest BCUT2D eigenvalue weighted by molar-refractivity contribution is 5.69. The summed E-state index contributed by atoms with van der Waals surface area (Å²) in [4.78, 5) is 0. The Bertz CT molecular complexity index is 246. The van der Waals surface area contributed by atoms with E-state index >= 15 is 0 Å². The first-order valence-corrected chi connectivity index (χ1v) is 3.26. The Kier molecular flexibility index (Phi) is 2.30. The van der Waals surface area contributed by atoms with Crippen LogP contribution < -0.4 is 17.1 Å². The SMILES string of the molecule is Cc1ccc(N)c([N-]NN)c1. The molecule has 11 heavy (non-hydrogen) atoms. The third-order valence-electron chi connectivity index (χ3n) is 1.37. The molecule has 5 N–H and O–H groups in total. The number of nitrogens with two attached hydrogens (primary N) is 2. The van der Waals surface area contributed by atoms with Gasteiger partial charge in [-0.05, 0) is 13.0 Å². The lowest BCUT2D eigenvalue weighted by atomic mass is 10.2. The van der Waals surface area contributed by atoms with Gasteiger partial charge < -0.3 is 16.7 Å². The van der Waals surface area contributed by atoms with Crippen LogP contribution in [0.2, 0.25) is 0 Å². The molecule has 0 unspecified atom stereocenters. The minimum Gasteiger partial charge on any atom is -0.607 e. The molecular weight excluding hydrogens is 140 g/mol. The number of hydrazine groups is 1. The molecule has 0 bridgehead atoms. The number of nitrogen functional groups attached to an aromatic ring is 1. The van der Waals surface area contributed by atoms with Crippen molar-refractivity contribution in [3.05, 3.63) is 29.2 Å². The van der Waals surface area contributed by atoms with Crippen LogP contribution >= 0.6 is 0 Å². The fourth-order valence-electron chi connectivity index (χ4n) is 0.820. The summed E-state index contributed by atoms with van der Waals surface area (Å²) in [6, 6.07) is 5.57. The monoisotopic (exact) mass is 151 g/mol. The van der Waals surface area contributed by atoms with Gasteiger partial charge in [-0.2, -0.15) is 0 Å².